The van der Waals surface area contributed by atoms with E-state index in [0.717, 1.165) is 21.9 Å². The first kappa shape index (κ1) is 15.8. The van der Waals surface area contributed by atoms with Crippen molar-refractivity contribution in [2.75, 3.05) is 12.8 Å². The molecule has 0 unspecified atom stereocenters. The summed E-state index contributed by atoms with van der Waals surface area (Å²) in [6.07, 6.45) is 4.60. The van der Waals surface area contributed by atoms with Crippen LogP contribution in [0.25, 0.3) is 0 Å². The standard InChI is InChI=1S/C12H19BrClNS2/c1-4-12(5-2,16-3)8-15-7-9-6-10(13)11(14)17-9/h6,15H,4-5,7-8H2,1-3H3. The third-order valence-corrected chi connectivity index (χ3v) is 7.23. The second-order valence-corrected chi connectivity index (χ2v) is 7.90. The fourth-order valence-electron chi connectivity index (χ4n) is 1.75. The van der Waals surface area contributed by atoms with Gasteiger partial charge in [0, 0.05) is 27.2 Å². The molecule has 0 saturated heterocycles. The predicted molar refractivity (Wildman–Crippen MR) is 85.6 cm³/mol. The first-order valence-electron chi connectivity index (χ1n) is 5.76. The van der Waals surface area contributed by atoms with Crippen molar-refractivity contribution in [2.45, 2.75) is 38.0 Å². The van der Waals surface area contributed by atoms with Crippen molar-refractivity contribution in [3.8, 4) is 0 Å². The maximum Gasteiger partial charge on any atom is 0.107 e. The van der Waals surface area contributed by atoms with Gasteiger partial charge in [-0.25, -0.2) is 0 Å². The molecule has 0 aromatic carbocycles. The van der Waals surface area contributed by atoms with Crippen LogP contribution in [0.5, 0.6) is 0 Å². The third kappa shape index (κ3) is 4.43. The minimum atomic E-state index is 0.373. The van der Waals surface area contributed by atoms with Gasteiger partial charge in [-0.2, -0.15) is 11.8 Å². The highest BCUT2D eigenvalue weighted by atomic mass is 79.9. The Kier molecular flexibility index (Phi) is 6.88. The van der Waals surface area contributed by atoms with Gasteiger partial charge < -0.3 is 5.32 Å². The molecular formula is C12H19BrClNS2. The van der Waals surface area contributed by atoms with Crippen molar-refractivity contribution in [3.05, 3.63) is 19.8 Å². The molecule has 0 spiro atoms. The lowest BCUT2D eigenvalue weighted by atomic mass is 10.0. The van der Waals surface area contributed by atoms with E-state index in [1.807, 2.05) is 11.8 Å². The Hall–Kier alpha value is 0.780. The summed E-state index contributed by atoms with van der Waals surface area (Å²) in [7, 11) is 0. The molecule has 0 aliphatic rings. The van der Waals surface area contributed by atoms with E-state index in [1.54, 1.807) is 11.3 Å². The van der Waals surface area contributed by atoms with Gasteiger partial charge in [-0.05, 0) is 41.1 Å². The Morgan fingerprint density at radius 3 is 2.53 bits per heavy atom. The summed E-state index contributed by atoms with van der Waals surface area (Å²) in [5, 5.41) is 3.55. The molecular weight excluding hydrogens is 338 g/mol. The third-order valence-electron chi connectivity index (χ3n) is 3.16. The average molecular weight is 357 g/mol. The summed E-state index contributed by atoms with van der Waals surface area (Å²) in [5.41, 5.74) is 0. The van der Waals surface area contributed by atoms with Crippen molar-refractivity contribution < 1.29 is 0 Å². The van der Waals surface area contributed by atoms with Crippen molar-refractivity contribution >= 4 is 50.6 Å². The summed E-state index contributed by atoms with van der Waals surface area (Å²) >= 11 is 13.1. The normalized spacial score (nSPS) is 12.1. The second-order valence-electron chi connectivity index (χ2n) is 4.03. The molecule has 17 heavy (non-hydrogen) atoms. The van der Waals surface area contributed by atoms with Gasteiger partial charge in [0.1, 0.15) is 4.34 Å². The van der Waals surface area contributed by atoms with Crippen LogP contribution in [0.2, 0.25) is 4.34 Å². The van der Waals surface area contributed by atoms with Crippen molar-refractivity contribution in [1.82, 2.24) is 5.32 Å². The van der Waals surface area contributed by atoms with Crippen molar-refractivity contribution in [3.63, 3.8) is 0 Å². The molecule has 0 amide bonds. The van der Waals surface area contributed by atoms with Gasteiger partial charge in [0.25, 0.3) is 0 Å². The zero-order chi connectivity index (χ0) is 12.9. The molecule has 0 fully saturated rings. The van der Waals surface area contributed by atoms with E-state index in [1.165, 1.54) is 17.7 Å². The second kappa shape index (κ2) is 7.39. The van der Waals surface area contributed by atoms with Gasteiger partial charge in [0.2, 0.25) is 0 Å². The largest absolute Gasteiger partial charge is 0.310 e. The van der Waals surface area contributed by atoms with Gasteiger partial charge in [0.15, 0.2) is 0 Å². The minimum Gasteiger partial charge on any atom is -0.310 e. The fraction of sp³-hybridized carbons (Fsp3) is 0.667. The van der Waals surface area contributed by atoms with Crippen LogP contribution in [-0.4, -0.2) is 17.5 Å². The van der Waals surface area contributed by atoms with Crippen LogP contribution < -0.4 is 5.32 Å². The molecule has 0 atom stereocenters. The van der Waals surface area contributed by atoms with Crippen LogP contribution in [-0.2, 0) is 6.54 Å². The summed E-state index contributed by atoms with van der Waals surface area (Å²) in [4.78, 5) is 1.28. The molecule has 0 saturated carbocycles. The van der Waals surface area contributed by atoms with Crippen LogP contribution in [0, 0.1) is 0 Å². The van der Waals surface area contributed by atoms with E-state index in [0.29, 0.717) is 4.75 Å². The van der Waals surface area contributed by atoms with Crippen LogP contribution in [0.1, 0.15) is 31.6 Å². The molecule has 1 heterocycles. The molecule has 1 N–H and O–H groups in total. The van der Waals surface area contributed by atoms with Gasteiger partial charge >= 0.3 is 0 Å². The zero-order valence-electron chi connectivity index (χ0n) is 10.5. The van der Waals surface area contributed by atoms with E-state index in [-0.39, 0.29) is 0 Å². The number of nitrogens with one attached hydrogen (secondary N) is 1. The molecule has 0 aliphatic heterocycles. The van der Waals surface area contributed by atoms with Gasteiger partial charge in [-0.15, -0.1) is 11.3 Å². The summed E-state index contributed by atoms with van der Waals surface area (Å²) in [6, 6.07) is 2.10. The smallest absolute Gasteiger partial charge is 0.107 e. The monoisotopic (exact) mass is 355 g/mol. The average Bonchev–Trinajstić information content (AvgIpc) is 2.65. The predicted octanol–water partition coefficient (Wildman–Crippen LogP) is 5.18. The lowest BCUT2D eigenvalue weighted by Crippen LogP contribution is -2.36. The van der Waals surface area contributed by atoms with Crippen molar-refractivity contribution in [1.29, 1.82) is 0 Å². The summed E-state index contributed by atoms with van der Waals surface area (Å²) < 4.78 is 2.21. The lowest BCUT2D eigenvalue weighted by molar-refractivity contribution is 0.496. The molecule has 0 aliphatic carbocycles. The first-order chi connectivity index (χ1) is 8.06. The Bertz CT molecular complexity index is 323. The number of hydrogen-bond donors (Lipinski definition) is 1. The van der Waals surface area contributed by atoms with Gasteiger partial charge in [0.05, 0.1) is 0 Å². The number of halogens is 2. The van der Waals surface area contributed by atoms with Gasteiger partial charge in [-0.1, -0.05) is 25.4 Å². The van der Waals surface area contributed by atoms with E-state index in [4.69, 9.17) is 11.6 Å². The molecule has 1 aromatic heterocycles. The number of hydrogen-bond acceptors (Lipinski definition) is 3. The number of thioether (sulfide) groups is 1. The maximum atomic E-state index is 6.02. The van der Waals surface area contributed by atoms with Crippen LogP contribution in [0.3, 0.4) is 0 Å². The quantitative estimate of drug-likeness (QED) is 0.722. The van der Waals surface area contributed by atoms with Gasteiger partial charge in [-0.3, -0.25) is 0 Å². The molecule has 5 heteroatoms. The van der Waals surface area contributed by atoms with E-state index < -0.39 is 0 Å². The molecule has 1 nitrogen and oxygen atoms in total. The van der Waals surface area contributed by atoms with Crippen LogP contribution in [0.4, 0.5) is 0 Å². The number of thiophene rings is 1. The highest BCUT2D eigenvalue weighted by molar-refractivity contribution is 9.10. The van der Waals surface area contributed by atoms with E-state index in [9.17, 15) is 0 Å². The minimum absolute atomic E-state index is 0.373. The molecule has 98 valence electrons. The Labute approximate surface area is 126 Å². The molecule has 1 rings (SSSR count). The van der Waals surface area contributed by atoms with E-state index in [2.05, 4.69) is 47.4 Å². The molecule has 0 radical (unpaired) electrons. The first-order valence-corrected chi connectivity index (χ1v) is 8.97. The topological polar surface area (TPSA) is 12.0 Å². The van der Waals surface area contributed by atoms with Crippen molar-refractivity contribution in [2.24, 2.45) is 0 Å². The fourth-order valence-corrected chi connectivity index (χ4v) is 4.34. The number of rotatable bonds is 7. The molecule has 0 bridgehead atoms. The highest BCUT2D eigenvalue weighted by Crippen LogP contribution is 2.32. The maximum absolute atomic E-state index is 6.02. The zero-order valence-corrected chi connectivity index (χ0v) is 14.5. The Balaban J connectivity index is 2.46. The van der Waals surface area contributed by atoms with Crippen LogP contribution in [0.15, 0.2) is 10.5 Å². The Morgan fingerprint density at radius 2 is 2.12 bits per heavy atom. The SMILES string of the molecule is CCC(CC)(CNCc1cc(Br)c(Cl)s1)SC. The Morgan fingerprint density at radius 1 is 1.47 bits per heavy atom. The molecule has 1 aromatic rings. The summed E-state index contributed by atoms with van der Waals surface area (Å²) in [5.74, 6) is 0. The highest BCUT2D eigenvalue weighted by Gasteiger charge is 2.24. The lowest BCUT2D eigenvalue weighted by Gasteiger charge is -2.29. The van der Waals surface area contributed by atoms with E-state index >= 15 is 0 Å². The van der Waals surface area contributed by atoms with Crippen LogP contribution >= 0.6 is 50.6 Å². The summed E-state index contributed by atoms with van der Waals surface area (Å²) in [6.45, 7) is 6.48.